The van der Waals surface area contributed by atoms with Gasteiger partial charge in [-0.1, -0.05) is 30.3 Å². The van der Waals surface area contributed by atoms with Gasteiger partial charge in [0.15, 0.2) is 0 Å². The molecule has 20 heavy (non-hydrogen) atoms. The number of nitrogens with zero attached hydrogens (tertiary/aromatic N) is 3. The molecule has 1 aromatic carbocycles. The fraction of sp³-hybridized carbons (Fsp3) is 0.200. The van der Waals surface area contributed by atoms with Crippen LogP contribution in [0.2, 0.25) is 0 Å². The first kappa shape index (κ1) is 13.0. The minimum Gasteiger partial charge on any atom is -0.336 e. The summed E-state index contributed by atoms with van der Waals surface area (Å²) < 4.78 is 2.06. The molecular formula is C15H16N4S. The van der Waals surface area contributed by atoms with Gasteiger partial charge < -0.3 is 9.88 Å². The summed E-state index contributed by atoms with van der Waals surface area (Å²) in [5, 5.41) is 6.64. The number of imidazole rings is 1. The van der Waals surface area contributed by atoms with Gasteiger partial charge in [-0.3, -0.25) is 0 Å². The highest BCUT2D eigenvalue weighted by Gasteiger charge is 2.03. The molecule has 0 amide bonds. The second-order valence-corrected chi connectivity index (χ2v) is 5.41. The summed E-state index contributed by atoms with van der Waals surface area (Å²) in [4.78, 5) is 8.67. The van der Waals surface area contributed by atoms with Crippen molar-refractivity contribution in [1.82, 2.24) is 19.9 Å². The first-order valence-electron chi connectivity index (χ1n) is 6.58. The van der Waals surface area contributed by atoms with E-state index in [0.717, 1.165) is 30.3 Å². The van der Waals surface area contributed by atoms with Gasteiger partial charge in [0.2, 0.25) is 0 Å². The number of nitrogens with one attached hydrogen (secondary N) is 1. The maximum atomic E-state index is 4.65. The molecule has 102 valence electrons. The molecule has 0 saturated carbocycles. The maximum absolute atomic E-state index is 4.65. The van der Waals surface area contributed by atoms with E-state index in [1.54, 1.807) is 17.5 Å². The number of aromatic nitrogens is 3. The molecule has 0 aliphatic heterocycles. The van der Waals surface area contributed by atoms with Gasteiger partial charge in [0.25, 0.3) is 0 Å². The molecular weight excluding hydrogens is 268 g/mol. The van der Waals surface area contributed by atoms with Gasteiger partial charge in [0.05, 0.1) is 12.0 Å². The molecule has 5 heteroatoms. The molecule has 1 N–H and O–H groups in total. The van der Waals surface area contributed by atoms with Crippen molar-refractivity contribution in [1.29, 1.82) is 0 Å². The van der Waals surface area contributed by atoms with Crippen molar-refractivity contribution in [3.8, 4) is 11.3 Å². The number of hydrogen-bond donors (Lipinski definition) is 1. The molecule has 2 aromatic heterocycles. The summed E-state index contributed by atoms with van der Waals surface area (Å²) in [7, 11) is 0. The van der Waals surface area contributed by atoms with Gasteiger partial charge >= 0.3 is 0 Å². The van der Waals surface area contributed by atoms with Crippen LogP contribution in [0, 0.1) is 0 Å². The van der Waals surface area contributed by atoms with Crippen molar-refractivity contribution < 1.29 is 0 Å². The van der Waals surface area contributed by atoms with Crippen LogP contribution in [0.4, 0.5) is 0 Å². The molecule has 0 bridgehead atoms. The Bertz CT molecular complexity index is 631. The zero-order valence-electron chi connectivity index (χ0n) is 11.1. The Morgan fingerprint density at radius 3 is 2.90 bits per heavy atom. The average molecular weight is 284 g/mol. The summed E-state index contributed by atoms with van der Waals surface area (Å²) in [6.45, 7) is 2.65. The van der Waals surface area contributed by atoms with Crippen LogP contribution in [0.1, 0.15) is 5.01 Å². The zero-order chi connectivity index (χ0) is 13.6. The Kier molecular flexibility index (Phi) is 4.20. The molecule has 0 fully saturated rings. The summed E-state index contributed by atoms with van der Waals surface area (Å²) in [5.74, 6) is 0. The third kappa shape index (κ3) is 3.31. The fourth-order valence-corrected chi connectivity index (χ4v) is 2.73. The Morgan fingerprint density at radius 1 is 1.20 bits per heavy atom. The van der Waals surface area contributed by atoms with Crippen LogP contribution < -0.4 is 5.32 Å². The largest absolute Gasteiger partial charge is 0.336 e. The smallest absolute Gasteiger partial charge is 0.107 e. The highest BCUT2D eigenvalue weighted by molar-refractivity contribution is 7.09. The van der Waals surface area contributed by atoms with Crippen LogP contribution in [-0.4, -0.2) is 21.1 Å². The summed E-state index contributed by atoms with van der Waals surface area (Å²) in [6.07, 6.45) is 5.60. The monoisotopic (exact) mass is 284 g/mol. The Labute approximate surface area is 122 Å². The van der Waals surface area contributed by atoms with Crippen LogP contribution in [-0.2, 0) is 13.1 Å². The molecule has 3 aromatic rings. The predicted octanol–water partition coefficient (Wildman–Crippen LogP) is 2.80. The number of thiazole rings is 1. The molecule has 0 radical (unpaired) electrons. The van der Waals surface area contributed by atoms with Crippen molar-refractivity contribution in [2.45, 2.75) is 13.1 Å². The van der Waals surface area contributed by atoms with Crippen molar-refractivity contribution in [3.05, 3.63) is 59.4 Å². The van der Waals surface area contributed by atoms with E-state index in [4.69, 9.17) is 0 Å². The van der Waals surface area contributed by atoms with Crippen LogP contribution in [0.3, 0.4) is 0 Å². The van der Waals surface area contributed by atoms with Gasteiger partial charge in [0.1, 0.15) is 5.01 Å². The normalized spacial score (nSPS) is 10.8. The number of rotatable bonds is 6. The topological polar surface area (TPSA) is 42.7 Å². The zero-order valence-corrected chi connectivity index (χ0v) is 11.9. The maximum Gasteiger partial charge on any atom is 0.107 e. The lowest BCUT2D eigenvalue weighted by Gasteiger charge is -2.03. The van der Waals surface area contributed by atoms with Gasteiger partial charge in [0, 0.05) is 43.0 Å². The van der Waals surface area contributed by atoms with E-state index < -0.39 is 0 Å². The van der Waals surface area contributed by atoms with Crippen molar-refractivity contribution in [3.63, 3.8) is 0 Å². The number of benzene rings is 1. The van der Waals surface area contributed by atoms with Gasteiger partial charge in [-0.15, -0.1) is 11.3 Å². The van der Waals surface area contributed by atoms with E-state index in [9.17, 15) is 0 Å². The Hall–Kier alpha value is -1.98. The molecule has 0 aliphatic carbocycles. The molecule has 2 heterocycles. The van der Waals surface area contributed by atoms with E-state index in [0.29, 0.717) is 0 Å². The lowest BCUT2D eigenvalue weighted by atomic mass is 10.2. The van der Waals surface area contributed by atoms with Gasteiger partial charge in [-0.25, -0.2) is 9.97 Å². The van der Waals surface area contributed by atoms with Crippen LogP contribution in [0.15, 0.2) is 54.4 Å². The first-order valence-corrected chi connectivity index (χ1v) is 7.46. The van der Waals surface area contributed by atoms with E-state index in [1.165, 1.54) is 5.56 Å². The third-order valence-electron chi connectivity index (χ3n) is 3.00. The van der Waals surface area contributed by atoms with Gasteiger partial charge in [-0.05, 0) is 0 Å². The van der Waals surface area contributed by atoms with Crippen LogP contribution >= 0.6 is 11.3 Å². The summed E-state index contributed by atoms with van der Waals surface area (Å²) in [5.41, 5.74) is 2.23. The fourth-order valence-electron chi connectivity index (χ4n) is 1.96. The highest BCUT2D eigenvalue weighted by atomic mass is 32.1. The van der Waals surface area contributed by atoms with E-state index in [1.807, 2.05) is 30.7 Å². The molecule has 0 saturated heterocycles. The van der Waals surface area contributed by atoms with E-state index in [2.05, 4.69) is 37.4 Å². The van der Waals surface area contributed by atoms with Crippen LogP contribution in [0.5, 0.6) is 0 Å². The summed E-state index contributed by atoms with van der Waals surface area (Å²) >= 11 is 1.70. The molecule has 4 nitrogen and oxygen atoms in total. The molecule has 3 rings (SSSR count). The van der Waals surface area contributed by atoms with Crippen LogP contribution in [0.25, 0.3) is 11.3 Å². The Morgan fingerprint density at radius 2 is 2.10 bits per heavy atom. The second kappa shape index (κ2) is 6.45. The SMILES string of the molecule is c1ccc(-c2csc(CNCCn3ccnc3)n2)cc1. The molecule has 0 unspecified atom stereocenters. The predicted molar refractivity (Wildman–Crippen MR) is 81.5 cm³/mol. The quantitative estimate of drug-likeness (QED) is 0.708. The number of hydrogen-bond acceptors (Lipinski definition) is 4. The summed E-state index contributed by atoms with van der Waals surface area (Å²) in [6, 6.07) is 10.3. The van der Waals surface area contributed by atoms with E-state index in [-0.39, 0.29) is 0 Å². The average Bonchev–Trinajstić information content (AvgIpc) is 3.16. The molecule has 0 aliphatic rings. The Balaban J connectivity index is 1.50. The molecule has 0 spiro atoms. The molecule has 0 atom stereocenters. The minimum atomic E-state index is 0.812. The third-order valence-corrected chi connectivity index (χ3v) is 3.85. The van der Waals surface area contributed by atoms with Crippen molar-refractivity contribution in [2.75, 3.05) is 6.54 Å². The lowest BCUT2D eigenvalue weighted by molar-refractivity contribution is 0.596. The van der Waals surface area contributed by atoms with Gasteiger partial charge in [-0.2, -0.15) is 0 Å². The van der Waals surface area contributed by atoms with Crippen molar-refractivity contribution >= 4 is 11.3 Å². The van der Waals surface area contributed by atoms with E-state index >= 15 is 0 Å². The lowest BCUT2D eigenvalue weighted by Crippen LogP contribution is -2.18. The second-order valence-electron chi connectivity index (χ2n) is 4.47. The first-order chi connectivity index (χ1) is 9.92. The standard InChI is InChI=1S/C15H16N4S/c1-2-4-13(5-3-1)14-11-20-15(18-14)10-16-6-8-19-9-7-17-12-19/h1-5,7,9,11-12,16H,6,8,10H2. The van der Waals surface area contributed by atoms with Crippen molar-refractivity contribution in [2.24, 2.45) is 0 Å². The highest BCUT2D eigenvalue weighted by Crippen LogP contribution is 2.21. The minimum absolute atomic E-state index is 0.812.